The van der Waals surface area contributed by atoms with Crippen molar-refractivity contribution in [3.63, 3.8) is 0 Å². The van der Waals surface area contributed by atoms with Gasteiger partial charge in [-0.15, -0.1) is 5.10 Å². The van der Waals surface area contributed by atoms with Gasteiger partial charge in [0.05, 0.1) is 13.7 Å². The van der Waals surface area contributed by atoms with Gasteiger partial charge >= 0.3 is 11.7 Å². The van der Waals surface area contributed by atoms with Crippen molar-refractivity contribution >= 4 is 15.9 Å². The molecule has 0 amide bonds. The molecular formula is C11H11BrFN3O2. The quantitative estimate of drug-likeness (QED) is 0.863. The Morgan fingerprint density at radius 3 is 2.89 bits per heavy atom. The van der Waals surface area contributed by atoms with Gasteiger partial charge in [0.2, 0.25) is 0 Å². The summed E-state index contributed by atoms with van der Waals surface area (Å²) in [5, 5.41) is 3.89. The van der Waals surface area contributed by atoms with Crippen molar-refractivity contribution in [2.45, 2.75) is 6.54 Å². The van der Waals surface area contributed by atoms with Crippen LogP contribution in [0.3, 0.4) is 0 Å². The summed E-state index contributed by atoms with van der Waals surface area (Å²) in [7, 11) is 2.92. The number of halogens is 2. The molecule has 0 aliphatic carbocycles. The van der Waals surface area contributed by atoms with Crippen molar-refractivity contribution in [1.29, 1.82) is 0 Å². The highest BCUT2D eigenvalue weighted by atomic mass is 79.9. The molecule has 0 unspecified atom stereocenters. The van der Waals surface area contributed by atoms with Gasteiger partial charge in [0.25, 0.3) is 0 Å². The fourth-order valence-corrected chi connectivity index (χ4v) is 2.01. The lowest BCUT2D eigenvalue weighted by Crippen LogP contribution is -2.23. The lowest BCUT2D eigenvalue weighted by Gasteiger charge is -2.06. The fourth-order valence-electron chi connectivity index (χ4n) is 1.60. The first-order valence-electron chi connectivity index (χ1n) is 5.14. The second-order valence-corrected chi connectivity index (χ2v) is 4.63. The average Bonchev–Trinajstić information content (AvgIpc) is 2.61. The number of hydrogen-bond donors (Lipinski definition) is 0. The maximum atomic E-state index is 13.6. The van der Waals surface area contributed by atoms with E-state index in [4.69, 9.17) is 4.74 Å². The van der Waals surface area contributed by atoms with Crippen molar-refractivity contribution in [2.24, 2.45) is 7.05 Å². The minimum Gasteiger partial charge on any atom is -0.467 e. The smallest absolute Gasteiger partial charge is 0.348 e. The highest BCUT2D eigenvalue weighted by Gasteiger charge is 2.13. The normalized spacial score (nSPS) is 10.7. The third-order valence-corrected chi connectivity index (χ3v) is 2.99. The second kappa shape index (κ2) is 4.93. The van der Waals surface area contributed by atoms with Gasteiger partial charge in [-0.1, -0.05) is 15.9 Å². The second-order valence-electron chi connectivity index (χ2n) is 3.71. The average molecular weight is 316 g/mol. The molecule has 0 spiro atoms. The summed E-state index contributed by atoms with van der Waals surface area (Å²) in [5.41, 5.74) is 0.0315. The van der Waals surface area contributed by atoms with E-state index in [0.717, 1.165) is 9.15 Å². The number of rotatable bonds is 3. The molecule has 5 nitrogen and oxygen atoms in total. The Morgan fingerprint density at radius 1 is 1.50 bits per heavy atom. The number of ether oxygens (including phenoxy) is 1. The standard InChI is InChI=1S/C11H11BrFN3O2/c1-15-11(17)16(10(14-15)18-2)6-7-5-8(12)3-4-9(7)13/h3-5H,6H2,1-2H3. The van der Waals surface area contributed by atoms with Crippen molar-refractivity contribution in [2.75, 3.05) is 7.11 Å². The molecule has 0 atom stereocenters. The van der Waals surface area contributed by atoms with Gasteiger partial charge in [-0.05, 0) is 18.2 Å². The minimum absolute atomic E-state index is 0.0706. The van der Waals surface area contributed by atoms with Crippen molar-refractivity contribution in [3.05, 3.63) is 44.5 Å². The first-order valence-corrected chi connectivity index (χ1v) is 5.94. The van der Waals surface area contributed by atoms with Gasteiger partial charge in [-0.3, -0.25) is 0 Å². The highest BCUT2D eigenvalue weighted by molar-refractivity contribution is 9.10. The minimum atomic E-state index is -0.379. The molecule has 1 aromatic heterocycles. The van der Waals surface area contributed by atoms with E-state index in [1.54, 1.807) is 12.1 Å². The van der Waals surface area contributed by atoms with Crippen LogP contribution >= 0.6 is 15.9 Å². The van der Waals surface area contributed by atoms with Gasteiger partial charge in [0, 0.05) is 17.1 Å². The summed E-state index contributed by atoms with van der Waals surface area (Å²) >= 11 is 3.26. The Hall–Kier alpha value is -1.63. The summed E-state index contributed by atoms with van der Waals surface area (Å²) < 4.78 is 21.8. The molecular weight excluding hydrogens is 305 g/mol. The third kappa shape index (κ3) is 2.31. The van der Waals surface area contributed by atoms with Crippen LogP contribution in [0.15, 0.2) is 27.5 Å². The summed E-state index contributed by atoms with van der Waals surface area (Å²) in [6.07, 6.45) is 0. The van der Waals surface area contributed by atoms with E-state index in [1.165, 1.54) is 24.8 Å². The van der Waals surface area contributed by atoms with E-state index in [2.05, 4.69) is 21.0 Å². The van der Waals surface area contributed by atoms with Crippen LogP contribution in [0.1, 0.15) is 5.56 Å². The molecule has 2 rings (SSSR count). The van der Waals surface area contributed by atoms with Crippen LogP contribution in [-0.4, -0.2) is 21.5 Å². The molecule has 0 aliphatic heterocycles. The van der Waals surface area contributed by atoms with Gasteiger partial charge < -0.3 is 4.74 Å². The fraction of sp³-hybridized carbons (Fsp3) is 0.273. The van der Waals surface area contributed by atoms with Crippen LogP contribution in [0, 0.1) is 5.82 Å². The molecule has 0 N–H and O–H groups in total. The van der Waals surface area contributed by atoms with Gasteiger partial charge in [-0.2, -0.15) is 0 Å². The lowest BCUT2D eigenvalue weighted by molar-refractivity contribution is 0.356. The number of aromatic nitrogens is 3. The van der Waals surface area contributed by atoms with Crippen LogP contribution in [0.5, 0.6) is 6.01 Å². The van der Waals surface area contributed by atoms with Crippen molar-refractivity contribution in [3.8, 4) is 6.01 Å². The van der Waals surface area contributed by atoms with Crippen molar-refractivity contribution in [1.82, 2.24) is 14.3 Å². The zero-order chi connectivity index (χ0) is 13.3. The zero-order valence-electron chi connectivity index (χ0n) is 9.85. The highest BCUT2D eigenvalue weighted by Crippen LogP contribution is 2.17. The van der Waals surface area contributed by atoms with Crippen molar-refractivity contribution < 1.29 is 9.13 Å². The molecule has 0 aliphatic rings. The molecule has 18 heavy (non-hydrogen) atoms. The first-order chi connectivity index (χ1) is 8.52. The predicted octanol–water partition coefficient (Wildman–Crippen LogP) is 1.54. The molecule has 1 heterocycles. The number of methoxy groups -OCH3 is 1. The number of aryl methyl sites for hydroxylation is 1. The Bertz CT molecular complexity index is 636. The molecule has 0 fully saturated rings. The molecule has 7 heteroatoms. The summed E-state index contributed by atoms with van der Waals surface area (Å²) in [6, 6.07) is 4.71. The van der Waals surface area contributed by atoms with Crippen LogP contribution in [0.4, 0.5) is 4.39 Å². The Labute approximate surface area is 111 Å². The van der Waals surface area contributed by atoms with E-state index in [0.29, 0.717) is 5.56 Å². The van der Waals surface area contributed by atoms with Crippen LogP contribution < -0.4 is 10.4 Å². The lowest BCUT2D eigenvalue weighted by atomic mass is 10.2. The zero-order valence-corrected chi connectivity index (χ0v) is 11.4. The van der Waals surface area contributed by atoms with E-state index in [-0.39, 0.29) is 24.1 Å². The predicted molar refractivity (Wildman–Crippen MR) is 67.2 cm³/mol. The molecule has 0 radical (unpaired) electrons. The number of nitrogens with zero attached hydrogens (tertiary/aromatic N) is 3. The van der Waals surface area contributed by atoms with Gasteiger partial charge in [-0.25, -0.2) is 18.4 Å². The SMILES string of the molecule is COc1nn(C)c(=O)n1Cc1cc(Br)ccc1F. The number of benzene rings is 1. The number of hydrogen-bond acceptors (Lipinski definition) is 3. The van der Waals surface area contributed by atoms with Crippen LogP contribution in [0.25, 0.3) is 0 Å². The van der Waals surface area contributed by atoms with Gasteiger partial charge in [0.1, 0.15) is 5.82 Å². The molecule has 0 saturated carbocycles. The van der Waals surface area contributed by atoms with E-state index in [1.807, 2.05) is 0 Å². The molecule has 0 saturated heterocycles. The molecule has 96 valence electrons. The largest absolute Gasteiger partial charge is 0.467 e. The summed E-state index contributed by atoms with van der Waals surface area (Å²) in [5.74, 6) is -0.379. The summed E-state index contributed by atoms with van der Waals surface area (Å²) in [4.78, 5) is 11.8. The third-order valence-electron chi connectivity index (χ3n) is 2.49. The molecule has 0 bridgehead atoms. The Balaban J connectivity index is 2.45. The van der Waals surface area contributed by atoms with Gasteiger partial charge in [0.15, 0.2) is 0 Å². The van der Waals surface area contributed by atoms with E-state index in [9.17, 15) is 9.18 Å². The Morgan fingerprint density at radius 2 is 2.22 bits per heavy atom. The molecule has 2 aromatic rings. The van der Waals surface area contributed by atoms with E-state index >= 15 is 0 Å². The first kappa shape index (κ1) is 12.8. The van der Waals surface area contributed by atoms with E-state index < -0.39 is 0 Å². The maximum absolute atomic E-state index is 13.6. The molecule has 1 aromatic carbocycles. The van der Waals surface area contributed by atoms with Crippen LogP contribution in [0.2, 0.25) is 0 Å². The Kier molecular flexibility index (Phi) is 3.51. The topological polar surface area (TPSA) is 49.1 Å². The maximum Gasteiger partial charge on any atom is 0.348 e. The van der Waals surface area contributed by atoms with Crippen LogP contribution in [-0.2, 0) is 13.6 Å². The monoisotopic (exact) mass is 315 g/mol. The summed E-state index contributed by atoms with van der Waals surface area (Å²) in [6.45, 7) is 0.0706.